The number of rotatable bonds is 7. The average Bonchev–Trinajstić information content (AvgIpc) is 2.33. The predicted octanol–water partition coefficient (Wildman–Crippen LogP) is 0.148. The van der Waals surface area contributed by atoms with Crippen LogP contribution in [0.1, 0.15) is 38.5 Å². The van der Waals surface area contributed by atoms with Crippen molar-refractivity contribution in [3.63, 3.8) is 0 Å². The van der Waals surface area contributed by atoms with E-state index >= 15 is 0 Å². The van der Waals surface area contributed by atoms with Crippen molar-refractivity contribution in [2.24, 2.45) is 11.7 Å². The van der Waals surface area contributed by atoms with Crippen LogP contribution in [0.3, 0.4) is 0 Å². The summed E-state index contributed by atoms with van der Waals surface area (Å²) in [4.78, 5) is 22.0. The van der Waals surface area contributed by atoms with Crippen LogP contribution in [0.25, 0.3) is 0 Å². The van der Waals surface area contributed by atoms with Crippen molar-refractivity contribution in [2.75, 3.05) is 19.6 Å². The van der Waals surface area contributed by atoms with Gasteiger partial charge in [0, 0.05) is 19.4 Å². The smallest absolute Gasteiger partial charge is 0.220 e. The fourth-order valence-electron chi connectivity index (χ4n) is 2.08. The second-order valence-corrected chi connectivity index (χ2v) is 4.67. The molecule has 5 heteroatoms. The van der Waals surface area contributed by atoms with Crippen LogP contribution in [0.15, 0.2) is 0 Å². The van der Waals surface area contributed by atoms with E-state index in [4.69, 9.17) is 5.73 Å². The summed E-state index contributed by atoms with van der Waals surface area (Å²) in [6.07, 6.45) is 4.95. The molecule has 0 radical (unpaired) electrons. The molecular formula is C12H23N3O2. The average molecular weight is 241 g/mol. The minimum Gasteiger partial charge on any atom is -0.370 e. The summed E-state index contributed by atoms with van der Waals surface area (Å²) < 4.78 is 0. The molecule has 5 nitrogen and oxygen atoms in total. The molecule has 2 amide bonds. The van der Waals surface area contributed by atoms with Gasteiger partial charge in [-0.1, -0.05) is 0 Å². The summed E-state index contributed by atoms with van der Waals surface area (Å²) in [5.41, 5.74) is 5.01. The summed E-state index contributed by atoms with van der Waals surface area (Å²) in [7, 11) is 0. The van der Waals surface area contributed by atoms with Gasteiger partial charge in [0.25, 0.3) is 0 Å². The lowest BCUT2D eigenvalue weighted by Crippen LogP contribution is -2.31. The highest BCUT2D eigenvalue weighted by atomic mass is 16.2. The van der Waals surface area contributed by atoms with E-state index in [1.165, 1.54) is 12.8 Å². The molecule has 1 aliphatic heterocycles. The summed E-state index contributed by atoms with van der Waals surface area (Å²) in [6.45, 7) is 2.69. The Balaban J connectivity index is 1.98. The molecular weight excluding hydrogens is 218 g/mol. The number of piperidine rings is 1. The summed E-state index contributed by atoms with van der Waals surface area (Å²) in [6, 6.07) is 0. The Morgan fingerprint density at radius 2 is 2.18 bits per heavy atom. The van der Waals surface area contributed by atoms with E-state index in [9.17, 15) is 9.59 Å². The Hall–Kier alpha value is -1.10. The minimum atomic E-state index is -0.312. The van der Waals surface area contributed by atoms with Crippen molar-refractivity contribution in [1.82, 2.24) is 10.6 Å². The molecule has 98 valence electrons. The molecule has 1 saturated heterocycles. The SMILES string of the molecule is NC(=O)CCCNC(=O)CCC1CCCNC1. The number of carbonyl (C=O) groups is 2. The van der Waals surface area contributed by atoms with Gasteiger partial charge in [0.2, 0.25) is 11.8 Å². The van der Waals surface area contributed by atoms with E-state index in [1.54, 1.807) is 0 Å². The summed E-state index contributed by atoms with van der Waals surface area (Å²) >= 11 is 0. The first-order chi connectivity index (χ1) is 8.18. The number of carbonyl (C=O) groups excluding carboxylic acids is 2. The molecule has 17 heavy (non-hydrogen) atoms. The topological polar surface area (TPSA) is 84.2 Å². The van der Waals surface area contributed by atoms with Crippen molar-refractivity contribution in [3.8, 4) is 0 Å². The second kappa shape index (κ2) is 8.06. The lowest BCUT2D eigenvalue weighted by molar-refractivity contribution is -0.122. The standard InChI is InChI=1S/C12H23N3O2/c13-11(16)4-2-8-15-12(17)6-5-10-3-1-7-14-9-10/h10,14H,1-9H2,(H2,13,16)(H,15,17). The van der Waals surface area contributed by atoms with Crippen molar-refractivity contribution >= 4 is 11.8 Å². The zero-order valence-electron chi connectivity index (χ0n) is 10.3. The second-order valence-electron chi connectivity index (χ2n) is 4.67. The van der Waals surface area contributed by atoms with Crippen LogP contribution in [0.4, 0.5) is 0 Å². The summed E-state index contributed by atoms with van der Waals surface area (Å²) in [5, 5.41) is 6.15. The van der Waals surface area contributed by atoms with Crippen LogP contribution < -0.4 is 16.4 Å². The van der Waals surface area contributed by atoms with Crippen molar-refractivity contribution in [1.29, 1.82) is 0 Å². The van der Waals surface area contributed by atoms with E-state index in [-0.39, 0.29) is 11.8 Å². The van der Waals surface area contributed by atoms with E-state index in [0.717, 1.165) is 19.5 Å². The molecule has 0 aromatic heterocycles. The van der Waals surface area contributed by atoms with Gasteiger partial charge in [0.15, 0.2) is 0 Å². The normalized spacial score (nSPS) is 19.9. The summed E-state index contributed by atoms with van der Waals surface area (Å²) in [5.74, 6) is 0.410. The van der Waals surface area contributed by atoms with E-state index in [1.807, 2.05) is 0 Å². The number of nitrogens with two attached hydrogens (primary N) is 1. The van der Waals surface area contributed by atoms with Gasteiger partial charge in [-0.2, -0.15) is 0 Å². The van der Waals surface area contributed by atoms with Crippen LogP contribution in [-0.4, -0.2) is 31.4 Å². The van der Waals surface area contributed by atoms with Gasteiger partial charge in [-0.25, -0.2) is 0 Å². The molecule has 0 aliphatic carbocycles. The molecule has 4 N–H and O–H groups in total. The molecule has 1 heterocycles. The van der Waals surface area contributed by atoms with Crippen LogP contribution in [0.5, 0.6) is 0 Å². The molecule has 0 aromatic carbocycles. The highest BCUT2D eigenvalue weighted by molar-refractivity contribution is 5.76. The van der Waals surface area contributed by atoms with Crippen LogP contribution >= 0.6 is 0 Å². The van der Waals surface area contributed by atoms with Crippen LogP contribution in [-0.2, 0) is 9.59 Å². The number of primary amides is 1. The fourth-order valence-corrected chi connectivity index (χ4v) is 2.08. The number of amides is 2. The Kier molecular flexibility index (Phi) is 6.62. The number of hydrogen-bond donors (Lipinski definition) is 3. The van der Waals surface area contributed by atoms with Crippen LogP contribution in [0.2, 0.25) is 0 Å². The van der Waals surface area contributed by atoms with Crippen LogP contribution in [0, 0.1) is 5.92 Å². The lowest BCUT2D eigenvalue weighted by Gasteiger charge is -2.22. The first-order valence-electron chi connectivity index (χ1n) is 6.44. The third-order valence-corrected chi connectivity index (χ3v) is 3.10. The van der Waals surface area contributed by atoms with Gasteiger partial charge in [-0.05, 0) is 44.7 Å². The Morgan fingerprint density at radius 3 is 2.82 bits per heavy atom. The third kappa shape index (κ3) is 6.94. The molecule has 1 rings (SSSR count). The molecule has 0 aromatic rings. The Morgan fingerprint density at radius 1 is 1.35 bits per heavy atom. The number of hydrogen-bond acceptors (Lipinski definition) is 3. The van der Waals surface area contributed by atoms with Gasteiger partial charge in [0.1, 0.15) is 0 Å². The van der Waals surface area contributed by atoms with Gasteiger partial charge < -0.3 is 16.4 Å². The maximum atomic E-state index is 11.5. The monoisotopic (exact) mass is 241 g/mol. The van der Waals surface area contributed by atoms with E-state index in [0.29, 0.717) is 31.7 Å². The molecule has 0 spiro atoms. The zero-order chi connectivity index (χ0) is 12.5. The Bertz CT molecular complexity index is 250. The Labute approximate surface area is 103 Å². The van der Waals surface area contributed by atoms with E-state index < -0.39 is 0 Å². The molecule has 0 saturated carbocycles. The first-order valence-corrected chi connectivity index (χ1v) is 6.44. The van der Waals surface area contributed by atoms with Gasteiger partial charge in [-0.3, -0.25) is 9.59 Å². The van der Waals surface area contributed by atoms with Gasteiger partial charge in [0.05, 0.1) is 0 Å². The van der Waals surface area contributed by atoms with Gasteiger partial charge >= 0.3 is 0 Å². The van der Waals surface area contributed by atoms with Crippen molar-refractivity contribution in [2.45, 2.75) is 38.5 Å². The highest BCUT2D eigenvalue weighted by Crippen LogP contribution is 2.15. The molecule has 0 bridgehead atoms. The molecule has 1 fully saturated rings. The van der Waals surface area contributed by atoms with Crippen molar-refractivity contribution in [3.05, 3.63) is 0 Å². The molecule has 1 atom stereocenters. The maximum Gasteiger partial charge on any atom is 0.220 e. The quantitative estimate of drug-likeness (QED) is 0.555. The molecule has 1 aliphatic rings. The lowest BCUT2D eigenvalue weighted by atomic mass is 9.94. The largest absolute Gasteiger partial charge is 0.370 e. The minimum absolute atomic E-state index is 0.0834. The highest BCUT2D eigenvalue weighted by Gasteiger charge is 2.14. The third-order valence-electron chi connectivity index (χ3n) is 3.10. The maximum absolute atomic E-state index is 11.5. The van der Waals surface area contributed by atoms with Gasteiger partial charge in [-0.15, -0.1) is 0 Å². The predicted molar refractivity (Wildman–Crippen MR) is 66.3 cm³/mol. The fraction of sp³-hybridized carbons (Fsp3) is 0.833. The molecule has 1 unspecified atom stereocenters. The first kappa shape index (κ1) is 14.0. The zero-order valence-corrected chi connectivity index (χ0v) is 10.3. The number of nitrogens with one attached hydrogen (secondary N) is 2. The van der Waals surface area contributed by atoms with E-state index in [2.05, 4.69) is 10.6 Å². The van der Waals surface area contributed by atoms with Crippen molar-refractivity contribution < 1.29 is 9.59 Å².